The van der Waals surface area contributed by atoms with E-state index in [0.717, 1.165) is 28.3 Å². The Kier molecular flexibility index (Phi) is 5.92. The van der Waals surface area contributed by atoms with Gasteiger partial charge in [-0.25, -0.2) is 0 Å². The van der Waals surface area contributed by atoms with Crippen LogP contribution >= 0.6 is 0 Å². The molecule has 0 radical (unpaired) electrons. The molecule has 1 saturated heterocycles. The number of hydrogen-bond acceptors (Lipinski definition) is 6. The van der Waals surface area contributed by atoms with Crippen LogP contribution in [0.2, 0.25) is 0 Å². The van der Waals surface area contributed by atoms with Crippen molar-refractivity contribution in [2.75, 3.05) is 49.0 Å². The van der Waals surface area contributed by atoms with Crippen molar-refractivity contribution in [3.63, 3.8) is 0 Å². The third-order valence-corrected chi connectivity index (χ3v) is 6.77. The minimum absolute atomic E-state index is 0.0709. The van der Waals surface area contributed by atoms with Gasteiger partial charge < -0.3 is 19.6 Å². The minimum Gasteiger partial charge on any atom is -0.507 e. The number of nitrogens with zero attached hydrogens (tertiary/aromatic N) is 3. The van der Waals surface area contributed by atoms with E-state index < -0.39 is 17.7 Å². The molecule has 2 aliphatic rings. The molecule has 3 aromatic carbocycles. The fourth-order valence-corrected chi connectivity index (χ4v) is 4.82. The number of ether oxygens (including phenoxy) is 1. The normalized spacial score (nSPS) is 18.7. The first kappa shape index (κ1) is 23.5. The monoisotopic (exact) mass is 483 g/mol. The second-order valence-electron chi connectivity index (χ2n) is 9.45. The lowest BCUT2D eigenvalue weighted by Crippen LogP contribution is -2.29. The number of ketones is 1. The zero-order valence-electron chi connectivity index (χ0n) is 20.9. The highest BCUT2D eigenvalue weighted by atomic mass is 16.5. The molecule has 0 aromatic heterocycles. The number of hydrogen-bond donors (Lipinski definition) is 1. The fourth-order valence-electron chi connectivity index (χ4n) is 4.82. The summed E-state index contributed by atoms with van der Waals surface area (Å²) in [5.41, 5.74) is 4.67. The van der Waals surface area contributed by atoms with Gasteiger partial charge in [0, 0.05) is 38.1 Å². The summed E-state index contributed by atoms with van der Waals surface area (Å²) < 4.78 is 5.73. The number of benzene rings is 3. The van der Waals surface area contributed by atoms with Crippen LogP contribution in [-0.4, -0.2) is 51.1 Å². The molecule has 5 rings (SSSR count). The van der Waals surface area contributed by atoms with Crippen LogP contribution in [0.5, 0.6) is 5.75 Å². The van der Waals surface area contributed by atoms with Crippen LogP contribution in [0, 0.1) is 6.92 Å². The second-order valence-corrected chi connectivity index (χ2v) is 9.45. The number of amides is 1. The lowest BCUT2D eigenvalue weighted by atomic mass is 9.94. The second kappa shape index (κ2) is 9.07. The lowest BCUT2D eigenvalue weighted by molar-refractivity contribution is -0.132. The maximum Gasteiger partial charge on any atom is 0.300 e. The van der Waals surface area contributed by atoms with Gasteiger partial charge in [-0.15, -0.1) is 0 Å². The zero-order valence-corrected chi connectivity index (χ0v) is 20.9. The number of aryl methyl sites for hydroxylation is 1. The van der Waals surface area contributed by atoms with Crippen LogP contribution in [0.25, 0.3) is 5.76 Å². The van der Waals surface area contributed by atoms with Crippen molar-refractivity contribution in [2.24, 2.45) is 0 Å². The Bertz CT molecular complexity index is 1380. The molecular formula is C29H29N3O4. The Balaban J connectivity index is 1.68. The summed E-state index contributed by atoms with van der Waals surface area (Å²) in [5.74, 6) is -0.858. The number of aliphatic hydroxyl groups excluding tert-OH is 1. The van der Waals surface area contributed by atoms with E-state index in [1.54, 1.807) is 18.2 Å². The third-order valence-electron chi connectivity index (χ3n) is 6.77. The van der Waals surface area contributed by atoms with Crippen LogP contribution in [0.15, 0.2) is 72.3 Å². The van der Waals surface area contributed by atoms with Crippen molar-refractivity contribution in [1.29, 1.82) is 0 Å². The first-order chi connectivity index (χ1) is 17.3. The summed E-state index contributed by atoms with van der Waals surface area (Å²) in [4.78, 5) is 32.4. The number of rotatable bonds is 4. The maximum absolute atomic E-state index is 13.4. The number of carbonyl (C=O) groups is 2. The lowest BCUT2D eigenvalue weighted by Gasteiger charge is -2.28. The molecule has 0 saturated carbocycles. The highest BCUT2D eigenvalue weighted by Gasteiger charge is 2.47. The number of likely N-dealkylation sites (N-methyl/N-ethyl adjacent to an activating group) is 1. The van der Waals surface area contributed by atoms with Crippen LogP contribution < -0.4 is 19.4 Å². The van der Waals surface area contributed by atoms with Gasteiger partial charge in [-0.2, -0.15) is 0 Å². The molecule has 1 unspecified atom stereocenters. The van der Waals surface area contributed by atoms with Gasteiger partial charge in [-0.3, -0.25) is 14.5 Å². The van der Waals surface area contributed by atoms with Crippen molar-refractivity contribution in [3.05, 3.63) is 89.0 Å². The van der Waals surface area contributed by atoms with E-state index in [1.807, 2.05) is 86.4 Å². The Morgan fingerprint density at radius 2 is 1.78 bits per heavy atom. The molecule has 0 bridgehead atoms. The van der Waals surface area contributed by atoms with Gasteiger partial charge in [0.2, 0.25) is 0 Å². The molecule has 7 nitrogen and oxygen atoms in total. The van der Waals surface area contributed by atoms with Gasteiger partial charge >= 0.3 is 0 Å². The highest BCUT2D eigenvalue weighted by molar-refractivity contribution is 6.51. The number of anilines is 3. The molecule has 1 amide bonds. The van der Waals surface area contributed by atoms with Gasteiger partial charge in [0.1, 0.15) is 18.1 Å². The van der Waals surface area contributed by atoms with Crippen molar-refractivity contribution < 1.29 is 19.4 Å². The Morgan fingerprint density at radius 3 is 2.47 bits per heavy atom. The first-order valence-electron chi connectivity index (χ1n) is 11.9. The quantitative estimate of drug-likeness (QED) is 0.334. The topological polar surface area (TPSA) is 73.3 Å². The molecule has 36 heavy (non-hydrogen) atoms. The van der Waals surface area contributed by atoms with E-state index in [1.165, 1.54) is 4.90 Å². The smallest absolute Gasteiger partial charge is 0.300 e. The van der Waals surface area contributed by atoms with Crippen LogP contribution in [0.3, 0.4) is 0 Å². The number of aliphatic hydroxyl groups is 1. The molecule has 184 valence electrons. The van der Waals surface area contributed by atoms with E-state index in [4.69, 9.17) is 4.74 Å². The van der Waals surface area contributed by atoms with Crippen LogP contribution in [0.4, 0.5) is 17.1 Å². The molecular weight excluding hydrogens is 454 g/mol. The average Bonchev–Trinajstić information content (AvgIpc) is 3.14. The Morgan fingerprint density at radius 1 is 1.03 bits per heavy atom. The van der Waals surface area contributed by atoms with Crippen molar-refractivity contribution >= 4 is 34.5 Å². The summed E-state index contributed by atoms with van der Waals surface area (Å²) in [6.07, 6.45) is 0. The van der Waals surface area contributed by atoms with E-state index in [2.05, 4.69) is 0 Å². The third kappa shape index (κ3) is 3.96. The SMILES string of the molecule is Cc1cccc(C2/C(=C(/O)c3ccc4c(c3)N(C)CCO4)C(=O)C(=O)N2c2ccc(N(C)C)cc2)c1. The molecule has 0 aliphatic carbocycles. The standard InChI is InChI=1S/C29H29N3O4/c1-18-6-5-7-19(16-18)26-25(27(33)20-8-13-24-23(17-20)31(4)14-15-36-24)28(34)29(35)32(26)22-11-9-21(10-12-22)30(2)3/h5-13,16-17,26,33H,14-15H2,1-4H3/b27-25-. The van der Waals surface area contributed by atoms with Crippen molar-refractivity contribution in [1.82, 2.24) is 0 Å². The summed E-state index contributed by atoms with van der Waals surface area (Å²) in [6.45, 7) is 3.26. The largest absolute Gasteiger partial charge is 0.507 e. The van der Waals surface area contributed by atoms with E-state index in [0.29, 0.717) is 24.4 Å². The molecule has 0 spiro atoms. The van der Waals surface area contributed by atoms with Gasteiger partial charge in [-0.1, -0.05) is 29.8 Å². The molecule has 7 heteroatoms. The number of Topliss-reactive ketones (excluding diaryl/α,β-unsaturated/α-hetero) is 1. The number of carbonyl (C=O) groups excluding carboxylic acids is 2. The van der Waals surface area contributed by atoms with Gasteiger partial charge in [0.25, 0.3) is 11.7 Å². The highest BCUT2D eigenvalue weighted by Crippen LogP contribution is 2.43. The molecule has 1 N–H and O–H groups in total. The van der Waals surface area contributed by atoms with E-state index in [-0.39, 0.29) is 11.3 Å². The molecule has 1 atom stereocenters. The summed E-state index contributed by atoms with van der Waals surface area (Å²) in [7, 11) is 5.83. The van der Waals surface area contributed by atoms with Crippen LogP contribution in [0.1, 0.15) is 22.7 Å². The van der Waals surface area contributed by atoms with Gasteiger partial charge in [0.15, 0.2) is 0 Å². The first-order valence-corrected chi connectivity index (χ1v) is 11.9. The van der Waals surface area contributed by atoms with Crippen molar-refractivity contribution in [2.45, 2.75) is 13.0 Å². The predicted octanol–water partition coefficient (Wildman–Crippen LogP) is 4.52. The van der Waals surface area contributed by atoms with E-state index in [9.17, 15) is 14.7 Å². The summed E-state index contributed by atoms with van der Waals surface area (Å²) >= 11 is 0. The molecule has 2 aliphatic heterocycles. The zero-order chi connectivity index (χ0) is 25.6. The Hall–Kier alpha value is -4.26. The summed E-state index contributed by atoms with van der Waals surface area (Å²) in [6, 6.07) is 19.7. The minimum atomic E-state index is -0.764. The maximum atomic E-state index is 13.4. The van der Waals surface area contributed by atoms with Gasteiger partial charge in [-0.05, 0) is 55.0 Å². The van der Waals surface area contributed by atoms with E-state index >= 15 is 0 Å². The predicted molar refractivity (Wildman–Crippen MR) is 142 cm³/mol. The fraction of sp³-hybridized carbons (Fsp3) is 0.241. The summed E-state index contributed by atoms with van der Waals surface area (Å²) in [5, 5.41) is 11.5. The molecule has 3 aromatic rings. The Labute approximate surface area is 210 Å². The van der Waals surface area contributed by atoms with Crippen molar-refractivity contribution in [3.8, 4) is 5.75 Å². The molecule has 2 heterocycles. The average molecular weight is 484 g/mol. The number of fused-ring (bicyclic) bond motifs is 1. The van der Waals surface area contributed by atoms with Crippen LogP contribution in [-0.2, 0) is 9.59 Å². The molecule has 1 fully saturated rings. The van der Waals surface area contributed by atoms with Gasteiger partial charge in [0.05, 0.1) is 23.8 Å².